The van der Waals surface area contributed by atoms with Crippen LogP contribution in [0.2, 0.25) is 0 Å². The van der Waals surface area contributed by atoms with E-state index in [0.717, 1.165) is 36.5 Å². The van der Waals surface area contributed by atoms with Crippen molar-refractivity contribution in [2.75, 3.05) is 13.2 Å². The molecule has 0 spiro atoms. The van der Waals surface area contributed by atoms with Crippen molar-refractivity contribution in [1.82, 2.24) is 9.88 Å². The van der Waals surface area contributed by atoms with Crippen LogP contribution in [0.5, 0.6) is 0 Å². The number of aliphatic hydroxyl groups is 1. The van der Waals surface area contributed by atoms with Crippen molar-refractivity contribution in [3.05, 3.63) is 53.9 Å². The van der Waals surface area contributed by atoms with E-state index >= 15 is 0 Å². The number of fused-ring (bicyclic) bond motifs is 1. The van der Waals surface area contributed by atoms with Gasteiger partial charge in [-0.15, -0.1) is 0 Å². The fourth-order valence-electron chi connectivity index (χ4n) is 3.69. The Balaban J connectivity index is 1.60. The van der Waals surface area contributed by atoms with Gasteiger partial charge < -0.3 is 9.52 Å². The second kappa shape index (κ2) is 6.98. The van der Waals surface area contributed by atoms with Gasteiger partial charge in [-0.1, -0.05) is 36.8 Å². The minimum absolute atomic E-state index is 0.217. The van der Waals surface area contributed by atoms with Crippen LogP contribution in [0.3, 0.4) is 0 Å². The third-order valence-corrected chi connectivity index (χ3v) is 5.20. The van der Waals surface area contributed by atoms with E-state index in [-0.39, 0.29) is 12.6 Å². The molecule has 4 nitrogen and oxygen atoms in total. The first kappa shape index (κ1) is 16.3. The topological polar surface area (TPSA) is 49.5 Å². The molecule has 4 heteroatoms. The van der Waals surface area contributed by atoms with Crippen LogP contribution in [0.15, 0.2) is 46.9 Å². The number of hydrogen-bond acceptors (Lipinski definition) is 4. The third-order valence-electron chi connectivity index (χ3n) is 5.20. The highest BCUT2D eigenvalue weighted by molar-refractivity contribution is 5.86. The SMILES string of the molecule is Cc1oc(-c2ccc3ccccc3c2)nc1CN1CCCC[C@H]1CO. The first-order chi connectivity index (χ1) is 12.2. The summed E-state index contributed by atoms with van der Waals surface area (Å²) in [5, 5.41) is 12.0. The normalized spacial score (nSPS) is 18.7. The molecule has 0 aliphatic carbocycles. The van der Waals surface area contributed by atoms with Gasteiger partial charge in [0.25, 0.3) is 0 Å². The quantitative estimate of drug-likeness (QED) is 0.777. The van der Waals surface area contributed by atoms with E-state index in [1.807, 2.05) is 19.1 Å². The molecule has 25 heavy (non-hydrogen) atoms. The number of aryl methyl sites for hydroxylation is 1. The number of benzene rings is 2. The number of piperidine rings is 1. The van der Waals surface area contributed by atoms with Crippen molar-refractivity contribution < 1.29 is 9.52 Å². The lowest BCUT2D eigenvalue weighted by atomic mass is 10.0. The summed E-state index contributed by atoms with van der Waals surface area (Å²) >= 11 is 0. The van der Waals surface area contributed by atoms with Gasteiger partial charge in [-0.05, 0) is 49.2 Å². The van der Waals surface area contributed by atoms with Crippen LogP contribution in [0.1, 0.15) is 30.7 Å². The zero-order chi connectivity index (χ0) is 17.2. The predicted octanol–water partition coefficient (Wildman–Crippen LogP) is 4.15. The van der Waals surface area contributed by atoms with E-state index in [4.69, 9.17) is 9.40 Å². The van der Waals surface area contributed by atoms with Gasteiger partial charge in [0.05, 0.1) is 12.3 Å². The Morgan fingerprint density at radius 2 is 2.00 bits per heavy atom. The molecule has 1 saturated heterocycles. The molecule has 130 valence electrons. The van der Waals surface area contributed by atoms with E-state index < -0.39 is 0 Å². The van der Waals surface area contributed by atoms with Gasteiger partial charge in [0.2, 0.25) is 5.89 Å². The van der Waals surface area contributed by atoms with E-state index in [0.29, 0.717) is 5.89 Å². The lowest BCUT2D eigenvalue weighted by Gasteiger charge is -2.33. The van der Waals surface area contributed by atoms with E-state index in [1.165, 1.54) is 23.6 Å². The first-order valence-electron chi connectivity index (χ1n) is 9.05. The molecule has 4 rings (SSSR count). The summed E-state index contributed by atoms with van der Waals surface area (Å²) < 4.78 is 5.96. The number of likely N-dealkylation sites (tertiary alicyclic amines) is 1. The van der Waals surface area contributed by atoms with Gasteiger partial charge in [0.15, 0.2) is 0 Å². The van der Waals surface area contributed by atoms with Crippen molar-refractivity contribution >= 4 is 10.8 Å². The molecule has 0 amide bonds. The molecule has 0 radical (unpaired) electrons. The average molecular weight is 336 g/mol. The van der Waals surface area contributed by atoms with Gasteiger partial charge in [0.1, 0.15) is 5.76 Å². The van der Waals surface area contributed by atoms with E-state index in [9.17, 15) is 5.11 Å². The maximum atomic E-state index is 9.61. The maximum absolute atomic E-state index is 9.61. The van der Waals surface area contributed by atoms with Gasteiger partial charge >= 0.3 is 0 Å². The Kier molecular flexibility index (Phi) is 4.55. The van der Waals surface area contributed by atoms with Crippen LogP contribution in [-0.4, -0.2) is 34.2 Å². The molecule has 2 heterocycles. The molecule has 1 fully saturated rings. The summed E-state index contributed by atoms with van der Waals surface area (Å²) in [6.45, 7) is 3.95. The lowest BCUT2D eigenvalue weighted by Crippen LogP contribution is -2.41. The molecule has 3 aromatic rings. The molecule has 1 aliphatic rings. The van der Waals surface area contributed by atoms with E-state index in [2.05, 4.69) is 35.2 Å². The fraction of sp³-hybridized carbons (Fsp3) is 0.381. The van der Waals surface area contributed by atoms with Crippen LogP contribution >= 0.6 is 0 Å². The molecule has 1 N–H and O–H groups in total. The van der Waals surface area contributed by atoms with Crippen molar-refractivity contribution in [3.8, 4) is 11.5 Å². The van der Waals surface area contributed by atoms with E-state index in [1.54, 1.807) is 0 Å². The van der Waals surface area contributed by atoms with Crippen molar-refractivity contribution in [1.29, 1.82) is 0 Å². The van der Waals surface area contributed by atoms with Crippen molar-refractivity contribution in [3.63, 3.8) is 0 Å². The molecule has 2 aromatic carbocycles. The highest BCUT2D eigenvalue weighted by atomic mass is 16.4. The Morgan fingerprint density at radius 1 is 1.16 bits per heavy atom. The third kappa shape index (κ3) is 3.32. The largest absolute Gasteiger partial charge is 0.441 e. The lowest BCUT2D eigenvalue weighted by molar-refractivity contribution is 0.0828. The summed E-state index contributed by atoms with van der Waals surface area (Å²) in [5.74, 6) is 1.54. The highest BCUT2D eigenvalue weighted by Crippen LogP contribution is 2.27. The molecular formula is C21H24N2O2. The number of aliphatic hydroxyl groups excluding tert-OH is 1. The van der Waals surface area contributed by atoms with Crippen LogP contribution in [0, 0.1) is 6.92 Å². The second-order valence-corrected chi connectivity index (χ2v) is 6.89. The molecule has 0 bridgehead atoms. The monoisotopic (exact) mass is 336 g/mol. The van der Waals surface area contributed by atoms with Crippen LogP contribution in [-0.2, 0) is 6.54 Å². The van der Waals surface area contributed by atoms with Crippen LogP contribution < -0.4 is 0 Å². The molecular weight excluding hydrogens is 312 g/mol. The van der Waals surface area contributed by atoms with Gasteiger partial charge in [-0.2, -0.15) is 0 Å². The average Bonchev–Trinajstić information content (AvgIpc) is 3.02. The zero-order valence-corrected chi connectivity index (χ0v) is 14.6. The Morgan fingerprint density at radius 3 is 2.84 bits per heavy atom. The Labute approximate surface area is 148 Å². The van der Waals surface area contributed by atoms with Gasteiger partial charge in [-0.25, -0.2) is 4.98 Å². The van der Waals surface area contributed by atoms with Crippen LogP contribution in [0.4, 0.5) is 0 Å². The minimum Gasteiger partial charge on any atom is -0.441 e. The number of hydrogen-bond donors (Lipinski definition) is 1. The summed E-state index contributed by atoms with van der Waals surface area (Å²) in [6, 6.07) is 14.8. The van der Waals surface area contributed by atoms with Crippen molar-refractivity contribution in [2.45, 2.75) is 38.8 Å². The Bertz CT molecular complexity index is 871. The molecule has 1 aliphatic heterocycles. The first-order valence-corrected chi connectivity index (χ1v) is 9.05. The highest BCUT2D eigenvalue weighted by Gasteiger charge is 2.24. The number of rotatable bonds is 4. The molecule has 1 aromatic heterocycles. The van der Waals surface area contributed by atoms with Crippen LogP contribution in [0.25, 0.3) is 22.2 Å². The van der Waals surface area contributed by atoms with Crippen molar-refractivity contribution in [2.24, 2.45) is 0 Å². The molecule has 0 saturated carbocycles. The summed E-state index contributed by atoms with van der Waals surface area (Å²) in [5.41, 5.74) is 1.98. The standard InChI is InChI=1S/C21H24N2O2/c1-15-20(13-23-11-5-4-8-19(23)14-24)22-21(25-15)18-10-9-16-6-2-3-7-17(16)12-18/h2-3,6-7,9-10,12,19,24H,4-5,8,11,13-14H2,1H3/t19-/m0/s1. The zero-order valence-electron chi connectivity index (χ0n) is 14.6. The Hall–Kier alpha value is -2.17. The second-order valence-electron chi connectivity index (χ2n) is 6.89. The number of nitrogens with zero attached hydrogens (tertiary/aromatic N) is 2. The summed E-state index contributed by atoms with van der Waals surface area (Å²) in [6.07, 6.45) is 3.44. The predicted molar refractivity (Wildman–Crippen MR) is 99.3 cm³/mol. The molecule has 1 atom stereocenters. The fourth-order valence-corrected chi connectivity index (χ4v) is 3.69. The number of oxazole rings is 1. The number of aromatic nitrogens is 1. The summed E-state index contributed by atoms with van der Waals surface area (Å²) in [7, 11) is 0. The molecule has 0 unspecified atom stereocenters. The maximum Gasteiger partial charge on any atom is 0.226 e. The smallest absolute Gasteiger partial charge is 0.226 e. The minimum atomic E-state index is 0.217. The van der Waals surface area contributed by atoms with Gasteiger partial charge in [0, 0.05) is 18.2 Å². The van der Waals surface area contributed by atoms with Gasteiger partial charge in [-0.3, -0.25) is 4.90 Å². The summed E-state index contributed by atoms with van der Waals surface area (Å²) in [4.78, 5) is 7.09.